The molecule has 2 fully saturated rings. The molecule has 0 spiro atoms. The third kappa shape index (κ3) is 4.82. The van der Waals surface area contributed by atoms with Crippen LogP contribution in [0, 0.1) is 5.41 Å². The summed E-state index contributed by atoms with van der Waals surface area (Å²) < 4.78 is 0. The van der Waals surface area contributed by atoms with Crippen molar-refractivity contribution in [1.82, 2.24) is 14.9 Å². The predicted octanol–water partition coefficient (Wildman–Crippen LogP) is 2.00. The maximum atomic E-state index is 9.55. The van der Waals surface area contributed by atoms with E-state index in [1.54, 1.807) is 6.33 Å². The highest BCUT2D eigenvalue weighted by Crippen LogP contribution is 2.26. The van der Waals surface area contributed by atoms with Gasteiger partial charge in [0.15, 0.2) is 0 Å². The molecule has 0 aliphatic carbocycles. The Bertz CT molecular complexity index is 551. The number of rotatable bonds is 5. The minimum Gasteiger partial charge on any atom is -0.394 e. The summed E-state index contributed by atoms with van der Waals surface area (Å²) in [5, 5.41) is 9.55. The molecule has 0 bridgehead atoms. The monoisotopic (exact) mass is 347 g/mol. The molecular formula is C19H33N5O. The fourth-order valence-corrected chi connectivity index (χ4v) is 3.69. The zero-order valence-electron chi connectivity index (χ0n) is 16.0. The third-order valence-corrected chi connectivity index (χ3v) is 5.39. The molecular weight excluding hydrogens is 314 g/mol. The van der Waals surface area contributed by atoms with Crippen LogP contribution in [0.5, 0.6) is 0 Å². The number of hydrogen-bond acceptors (Lipinski definition) is 6. The lowest BCUT2D eigenvalue weighted by atomic mass is 9.92. The molecule has 1 atom stereocenters. The molecule has 0 radical (unpaired) electrons. The Morgan fingerprint density at radius 1 is 1.08 bits per heavy atom. The second-order valence-corrected chi connectivity index (χ2v) is 8.55. The number of anilines is 2. The number of aliphatic hydroxyl groups is 1. The number of aromatic nitrogens is 2. The second-order valence-electron chi connectivity index (χ2n) is 8.55. The molecule has 2 aliphatic rings. The fourth-order valence-electron chi connectivity index (χ4n) is 3.69. The van der Waals surface area contributed by atoms with E-state index in [1.807, 2.05) is 0 Å². The van der Waals surface area contributed by atoms with E-state index in [0.717, 1.165) is 57.2 Å². The van der Waals surface area contributed by atoms with Gasteiger partial charge in [0.1, 0.15) is 18.0 Å². The van der Waals surface area contributed by atoms with Crippen LogP contribution in [0.3, 0.4) is 0 Å². The number of aliphatic hydroxyl groups excluding tert-OH is 1. The largest absolute Gasteiger partial charge is 0.394 e. The van der Waals surface area contributed by atoms with E-state index in [2.05, 4.69) is 51.5 Å². The predicted molar refractivity (Wildman–Crippen MR) is 102 cm³/mol. The molecule has 3 heterocycles. The Labute approximate surface area is 151 Å². The van der Waals surface area contributed by atoms with Crippen molar-refractivity contribution in [2.75, 3.05) is 55.7 Å². The van der Waals surface area contributed by atoms with Gasteiger partial charge in [0.05, 0.1) is 12.6 Å². The maximum Gasteiger partial charge on any atom is 0.134 e. The SMILES string of the molecule is CC(C)(C)CCN1CCN(c2cc(N3CCCC3CO)ncn2)CC1. The summed E-state index contributed by atoms with van der Waals surface area (Å²) in [6.07, 6.45) is 5.07. The molecule has 1 aromatic rings. The highest BCUT2D eigenvalue weighted by molar-refractivity contribution is 5.51. The molecule has 3 rings (SSSR count). The first-order chi connectivity index (χ1) is 12.0. The van der Waals surface area contributed by atoms with Gasteiger partial charge in [0.2, 0.25) is 0 Å². The van der Waals surface area contributed by atoms with Crippen molar-refractivity contribution in [3.05, 3.63) is 12.4 Å². The van der Waals surface area contributed by atoms with Gasteiger partial charge >= 0.3 is 0 Å². The van der Waals surface area contributed by atoms with Crippen LogP contribution in [0.15, 0.2) is 12.4 Å². The fraction of sp³-hybridized carbons (Fsp3) is 0.789. The summed E-state index contributed by atoms with van der Waals surface area (Å²) in [7, 11) is 0. The number of hydrogen-bond donors (Lipinski definition) is 1. The zero-order chi connectivity index (χ0) is 17.9. The topological polar surface area (TPSA) is 55.7 Å². The summed E-state index contributed by atoms with van der Waals surface area (Å²) in [6.45, 7) is 13.5. The van der Waals surface area contributed by atoms with E-state index >= 15 is 0 Å². The van der Waals surface area contributed by atoms with Gasteiger partial charge in [-0.1, -0.05) is 20.8 Å². The van der Waals surface area contributed by atoms with Crippen molar-refractivity contribution in [2.24, 2.45) is 5.41 Å². The van der Waals surface area contributed by atoms with E-state index in [-0.39, 0.29) is 12.6 Å². The quantitative estimate of drug-likeness (QED) is 0.879. The smallest absolute Gasteiger partial charge is 0.134 e. The summed E-state index contributed by atoms with van der Waals surface area (Å²) >= 11 is 0. The first kappa shape index (κ1) is 18.4. The van der Waals surface area contributed by atoms with Crippen LogP contribution in [0.1, 0.15) is 40.0 Å². The summed E-state index contributed by atoms with van der Waals surface area (Å²) in [5.74, 6) is 1.97. The van der Waals surface area contributed by atoms with E-state index in [0.29, 0.717) is 5.41 Å². The molecule has 1 aromatic heterocycles. The van der Waals surface area contributed by atoms with Crippen molar-refractivity contribution < 1.29 is 5.11 Å². The molecule has 6 nitrogen and oxygen atoms in total. The number of nitrogens with zero attached hydrogens (tertiary/aromatic N) is 5. The third-order valence-electron chi connectivity index (χ3n) is 5.39. The molecule has 1 unspecified atom stereocenters. The van der Waals surface area contributed by atoms with Gasteiger partial charge in [-0.15, -0.1) is 0 Å². The first-order valence-corrected chi connectivity index (χ1v) is 9.63. The molecule has 0 aromatic carbocycles. The van der Waals surface area contributed by atoms with Crippen LogP contribution >= 0.6 is 0 Å². The summed E-state index contributed by atoms with van der Waals surface area (Å²) in [6, 6.07) is 2.30. The first-order valence-electron chi connectivity index (χ1n) is 9.63. The summed E-state index contributed by atoms with van der Waals surface area (Å²) in [4.78, 5) is 16.1. The van der Waals surface area contributed by atoms with Gasteiger partial charge in [-0.05, 0) is 31.2 Å². The Morgan fingerprint density at radius 2 is 1.80 bits per heavy atom. The van der Waals surface area contributed by atoms with Gasteiger partial charge in [-0.3, -0.25) is 4.90 Å². The average Bonchev–Trinajstić information content (AvgIpc) is 3.09. The van der Waals surface area contributed by atoms with Crippen molar-refractivity contribution in [3.8, 4) is 0 Å². The van der Waals surface area contributed by atoms with Gasteiger partial charge in [-0.25, -0.2) is 9.97 Å². The highest BCUT2D eigenvalue weighted by Gasteiger charge is 2.26. The Hall–Kier alpha value is -1.40. The second kappa shape index (κ2) is 7.87. The van der Waals surface area contributed by atoms with Crippen molar-refractivity contribution in [2.45, 2.75) is 46.1 Å². The van der Waals surface area contributed by atoms with Gasteiger partial charge in [-0.2, -0.15) is 0 Å². The van der Waals surface area contributed by atoms with E-state index in [4.69, 9.17) is 0 Å². The van der Waals surface area contributed by atoms with Crippen molar-refractivity contribution in [3.63, 3.8) is 0 Å². The van der Waals surface area contributed by atoms with Crippen LogP contribution in [0.25, 0.3) is 0 Å². The van der Waals surface area contributed by atoms with Crippen LogP contribution < -0.4 is 9.80 Å². The van der Waals surface area contributed by atoms with E-state index in [9.17, 15) is 5.11 Å². The molecule has 2 saturated heterocycles. The van der Waals surface area contributed by atoms with E-state index < -0.39 is 0 Å². The normalized spacial score (nSPS) is 22.6. The number of piperazine rings is 1. The van der Waals surface area contributed by atoms with Gasteiger partial charge < -0.3 is 14.9 Å². The minimum absolute atomic E-state index is 0.200. The Morgan fingerprint density at radius 3 is 2.48 bits per heavy atom. The minimum atomic E-state index is 0.200. The lowest BCUT2D eigenvalue weighted by molar-refractivity contribution is 0.217. The van der Waals surface area contributed by atoms with Crippen LogP contribution in [0.4, 0.5) is 11.6 Å². The zero-order valence-corrected chi connectivity index (χ0v) is 16.0. The van der Waals surface area contributed by atoms with Crippen LogP contribution in [-0.2, 0) is 0 Å². The van der Waals surface area contributed by atoms with Crippen LogP contribution in [-0.4, -0.2) is 71.9 Å². The Balaban J connectivity index is 1.58. The molecule has 0 amide bonds. The molecule has 25 heavy (non-hydrogen) atoms. The van der Waals surface area contributed by atoms with Gasteiger partial charge in [0, 0.05) is 38.8 Å². The molecule has 0 saturated carbocycles. The molecule has 2 aliphatic heterocycles. The lowest BCUT2D eigenvalue weighted by Crippen LogP contribution is -2.47. The van der Waals surface area contributed by atoms with Crippen LogP contribution in [0.2, 0.25) is 0 Å². The lowest BCUT2D eigenvalue weighted by Gasteiger charge is -2.36. The van der Waals surface area contributed by atoms with Crippen molar-refractivity contribution >= 4 is 11.6 Å². The molecule has 1 N–H and O–H groups in total. The summed E-state index contributed by atoms with van der Waals surface area (Å²) in [5.41, 5.74) is 0.400. The highest BCUT2D eigenvalue weighted by atomic mass is 16.3. The maximum absolute atomic E-state index is 9.55. The Kier molecular flexibility index (Phi) is 5.79. The molecule has 6 heteroatoms. The van der Waals surface area contributed by atoms with E-state index in [1.165, 1.54) is 13.0 Å². The standard InChI is InChI=1S/C19H33N5O/c1-19(2,3)6-8-22-9-11-23(12-10-22)17-13-18(21-15-20-17)24-7-4-5-16(24)14-25/h13,15-16,25H,4-12,14H2,1-3H3. The average molecular weight is 348 g/mol. The molecule has 140 valence electrons. The van der Waals surface area contributed by atoms with Crippen molar-refractivity contribution in [1.29, 1.82) is 0 Å². The van der Waals surface area contributed by atoms with Gasteiger partial charge in [0.25, 0.3) is 0 Å².